The van der Waals surface area contributed by atoms with Crippen molar-refractivity contribution in [3.63, 3.8) is 0 Å². The van der Waals surface area contributed by atoms with Crippen LogP contribution >= 0.6 is 0 Å². The number of amides is 2. The van der Waals surface area contributed by atoms with E-state index in [1.165, 1.54) is 0 Å². The van der Waals surface area contributed by atoms with Crippen LogP contribution in [0.5, 0.6) is 0 Å². The molecule has 0 heterocycles. The largest absolute Gasteiger partial charge is 0.457 e. The predicted octanol–water partition coefficient (Wildman–Crippen LogP) is 4.83. The molecule has 0 aliphatic carbocycles. The van der Waals surface area contributed by atoms with Gasteiger partial charge in [0.05, 0.1) is 11.6 Å². The molecule has 0 saturated carbocycles. The molecule has 2 rings (SSSR count). The Morgan fingerprint density at radius 3 is 2.12 bits per heavy atom. The minimum atomic E-state index is -0.730. The zero-order valence-corrected chi connectivity index (χ0v) is 20.2. The second-order valence-corrected chi connectivity index (χ2v) is 8.79. The average molecular weight is 471 g/mol. The van der Waals surface area contributed by atoms with Crippen LogP contribution in [0.1, 0.15) is 56.5 Å². The van der Waals surface area contributed by atoms with Crippen molar-refractivity contribution in [2.24, 2.45) is 0 Å². The molecule has 8 heteroatoms. The van der Waals surface area contributed by atoms with Gasteiger partial charge in [0.2, 0.25) is 0 Å². The van der Waals surface area contributed by atoms with E-state index in [4.69, 9.17) is 14.2 Å². The van der Waals surface area contributed by atoms with Gasteiger partial charge in [-0.2, -0.15) is 0 Å². The standard InChI is InChI=1S/C26H34N2O6/c1-5-12-22(33-23(29)20-15-10-7-11-16-20)21(28-25(31)34-26(2,3)4)17-27-24(30)32-18-19-13-8-6-9-14-19/h6-11,13-16,21-22H,5,12,17-18H2,1-4H3,(H,27,30)(H,28,31)/t21-,22+/m0/s1. The lowest BCUT2D eigenvalue weighted by Gasteiger charge is -2.29. The van der Waals surface area contributed by atoms with Gasteiger partial charge in [-0.1, -0.05) is 61.9 Å². The van der Waals surface area contributed by atoms with Gasteiger partial charge in [-0.3, -0.25) is 0 Å². The first-order valence-corrected chi connectivity index (χ1v) is 11.4. The molecule has 2 aromatic rings. The fourth-order valence-electron chi connectivity index (χ4n) is 3.11. The molecule has 2 amide bonds. The van der Waals surface area contributed by atoms with Crippen LogP contribution < -0.4 is 10.6 Å². The molecular weight excluding hydrogens is 436 g/mol. The second kappa shape index (κ2) is 13.2. The van der Waals surface area contributed by atoms with E-state index in [2.05, 4.69) is 10.6 Å². The maximum Gasteiger partial charge on any atom is 0.408 e. The molecule has 0 saturated heterocycles. The average Bonchev–Trinajstić information content (AvgIpc) is 2.80. The zero-order chi connectivity index (χ0) is 25.0. The summed E-state index contributed by atoms with van der Waals surface area (Å²) in [6.45, 7) is 7.28. The van der Waals surface area contributed by atoms with Crippen LogP contribution in [-0.4, -0.2) is 42.4 Å². The third kappa shape index (κ3) is 9.94. The lowest BCUT2D eigenvalue weighted by molar-refractivity contribution is 0.0115. The van der Waals surface area contributed by atoms with E-state index in [0.29, 0.717) is 18.4 Å². The van der Waals surface area contributed by atoms with Gasteiger partial charge in [0.15, 0.2) is 0 Å². The number of nitrogens with one attached hydrogen (secondary N) is 2. The molecule has 34 heavy (non-hydrogen) atoms. The number of alkyl carbamates (subject to hydrolysis) is 2. The van der Waals surface area contributed by atoms with Crippen molar-refractivity contribution < 1.29 is 28.6 Å². The number of hydrogen-bond acceptors (Lipinski definition) is 6. The first-order chi connectivity index (χ1) is 16.2. The van der Waals surface area contributed by atoms with Gasteiger partial charge < -0.3 is 24.8 Å². The van der Waals surface area contributed by atoms with Crippen LogP contribution in [0, 0.1) is 0 Å². The van der Waals surface area contributed by atoms with Gasteiger partial charge in [-0.05, 0) is 44.9 Å². The van der Waals surface area contributed by atoms with Gasteiger partial charge >= 0.3 is 18.2 Å². The van der Waals surface area contributed by atoms with Crippen LogP contribution in [0.2, 0.25) is 0 Å². The topological polar surface area (TPSA) is 103 Å². The maximum atomic E-state index is 12.7. The van der Waals surface area contributed by atoms with Crippen molar-refractivity contribution in [1.82, 2.24) is 10.6 Å². The van der Waals surface area contributed by atoms with Crippen LogP contribution in [-0.2, 0) is 20.8 Å². The lowest BCUT2D eigenvalue weighted by Crippen LogP contribution is -2.52. The molecule has 184 valence electrons. The number of carbonyl (C=O) groups excluding carboxylic acids is 3. The van der Waals surface area contributed by atoms with Crippen molar-refractivity contribution in [2.45, 2.75) is 64.9 Å². The second-order valence-electron chi connectivity index (χ2n) is 8.79. The predicted molar refractivity (Wildman–Crippen MR) is 128 cm³/mol. The number of esters is 1. The fraction of sp³-hybridized carbons (Fsp3) is 0.423. The molecule has 0 radical (unpaired) electrons. The Hall–Kier alpha value is -3.55. The molecule has 2 N–H and O–H groups in total. The maximum absolute atomic E-state index is 12.7. The highest BCUT2D eigenvalue weighted by Crippen LogP contribution is 2.14. The number of ether oxygens (including phenoxy) is 3. The Morgan fingerprint density at radius 1 is 0.912 bits per heavy atom. The number of carbonyl (C=O) groups is 3. The van der Waals surface area contributed by atoms with Gasteiger partial charge in [-0.15, -0.1) is 0 Å². The number of rotatable bonds is 10. The van der Waals surface area contributed by atoms with Gasteiger partial charge in [0.1, 0.15) is 18.3 Å². The molecule has 0 aliphatic rings. The monoisotopic (exact) mass is 470 g/mol. The highest BCUT2D eigenvalue weighted by atomic mass is 16.6. The third-order valence-electron chi connectivity index (χ3n) is 4.67. The number of hydrogen-bond donors (Lipinski definition) is 2. The van der Waals surface area contributed by atoms with Crippen molar-refractivity contribution in [2.75, 3.05) is 6.54 Å². The van der Waals surface area contributed by atoms with Crippen LogP contribution in [0.15, 0.2) is 60.7 Å². The Balaban J connectivity index is 2.07. The van der Waals surface area contributed by atoms with E-state index in [-0.39, 0.29) is 13.2 Å². The zero-order valence-electron chi connectivity index (χ0n) is 20.2. The van der Waals surface area contributed by atoms with Crippen LogP contribution in [0.25, 0.3) is 0 Å². The molecule has 0 bridgehead atoms. The molecule has 0 aromatic heterocycles. The minimum absolute atomic E-state index is 0.0143. The minimum Gasteiger partial charge on any atom is -0.457 e. The van der Waals surface area contributed by atoms with Crippen LogP contribution in [0.3, 0.4) is 0 Å². The highest BCUT2D eigenvalue weighted by molar-refractivity contribution is 5.89. The van der Waals surface area contributed by atoms with Crippen molar-refractivity contribution in [3.05, 3.63) is 71.8 Å². The normalized spacial score (nSPS) is 12.7. The summed E-state index contributed by atoms with van der Waals surface area (Å²) in [5.41, 5.74) is 0.536. The smallest absolute Gasteiger partial charge is 0.408 e. The highest BCUT2D eigenvalue weighted by Gasteiger charge is 2.29. The van der Waals surface area contributed by atoms with E-state index in [1.807, 2.05) is 37.3 Å². The van der Waals surface area contributed by atoms with E-state index in [9.17, 15) is 14.4 Å². The molecule has 0 fully saturated rings. The summed E-state index contributed by atoms with van der Waals surface area (Å²) in [6, 6.07) is 17.1. The van der Waals surface area contributed by atoms with Gasteiger partial charge in [0, 0.05) is 6.54 Å². The molecule has 2 aromatic carbocycles. The summed E-state index contributed by atoms with van der Waals surface area (Å²) in [6.07, 6.45) is -0.852. The molecule has 0 spiro atoms. The van der Waals surface area contributed by atoms with Gasteiger partial charge in [-0.25, -0.2) is 14.4 Å². The summed E-state index contributed by atoms with van der Waals surface area (Å²) in [4.78, 5) is 37.4. The van der Waals surface area contributed by atoms with Crippen LogP contribution in [0.4, 0.5) is 9.59 Å². The Labute approximate surface area is 201 Å². The molecule has 8 nitrogen and oxygen atoms in total. The van der Waals surface area contributed by atoms with Gasteiger partial charge in [0.25, 0.3) is 0 Å². The molecule has 0 aliphatic heterocycles. The van der Waals surface area contributed by atoms with E-state index < -0.39 is 35.9 Å². The van der Waals surface area contributed by atoms with Crippen molar-refractivity contribution >= 4 is 18.2 Å². The molecule has 0 unspecified atom stereocenters. The Kier molecular flexibility index (Phi) is 10.4. The Morgan fingerprint density at radius 2 is 1.53 bits per heavy atom. The first-order valence-electron chi connectivity index (χ1n) is 11.4. The summed E-state index contributed by atoms with van der Waals surface area (Å²) >= 11 is 0. The van der Waals surface area contributed by atoms with Crippen molar-refractivity contribution in [1.29, 1.82) is 0 Å². The summed E-state index contributed by atoms with van der Waals surface area (Å²) in [5, 5.41) is 5.39. The van der Waals surface area contributed by atoms with E-state index in [0.717, 1.165) is 5.56 Å². The quantitative estimate of drug-likeness (QED) is 0.381. The first kappa shape index (κ1) is 26.7. The van der Waals surface area contributed by atoms with Crippen molar-refractivity contribution in [3.8, 4) is 0 Å². The summed E-state index contributed by atoms with van der Waals surface area (Å²) in [7, 11) is 0. The number of benzene rings is 2. The fourth-order valence-corrected chi connectivity index (χ4v) is 3.11. The summed E-state index contributed by atoms with van der Waals surface area (Å²) < 4.78 is 16.3. The molecule has 2 atom stereocenters. The van der Waals surface area contributed by atoms with E-state index >= 15 is 0 Å². The summed E-state index contributed by atoms with van der Waals surface area (Å²) in [5.74, 6) is -0.512. The van der Waals surface area contributed by atoms with E-state index in [1.54, 1.807) is 51.1 Å². The Bertz CT molecular complexity index is 912. The molecular formula is C26H34N2O6. The third-order valence-corrected chi connectivity index (χ3v) is 4.67. The SMILES string of the molecule is CCC[C@@H](OC(=O)c1ccccc1)[C@H](CNC(=O)OCc1ccccc1)NC(=O)OC(C)(C)C. The lowest BCUT2D eigenvalue weighted by atomic mass is 10.1.